The Balaban J connectivity index is 2.87. The molecular weight excluding hydrogens is 260 g/mol. The Morgan fingerprint density at radius 3 is 2.44 bits per heavy atom. The van der Waals surface area contributed by atoms with Crippen molar-refractivity contribution in [1.82, 2.24) is 0 Å². The van der Waals surface area contributed by atoms with E-state index in [1.165, 1.54) is 12.1 Å². The molecule has 2 aromatic carbocycles. The molecule has 0 saturated heterocycles. The van der Waals surface area contributed by atoms with Crippen LogP contribution >= 0.6 is 0 Å². The second-order valence-corrected chi connectivity index (χ2v) is 5.08. The number of non-ortho nitro benzene ring substituents is 1. The number of nitro benzene ring substituents is 1. The van der Waals surface area contributed by atoms with Crippen molar-refractivity contribution in [2.24, 2.45) is 0 Å². The average molecular weight is 268 g/mol. The molecule has 0 saturated carbocycles. The van der Waals surface area contributed by atoms with Crippen LogP contribution in [-0.2, 0) is 10.1 Å². The van der Waals surface area contributed by atoms with Gasteiger partial charge >= 0.3 is 0 Å². The number of nitrogen functional groups attached to an aromatic ring is 1. The first-order valence-electron chi connectivity index (χ1n) is 4.74. The number of fused-ring (bicyclic) bond motifs is 1. The van der Waals surface area contributed by atoms with Gasteiger partial charge in [-0.2, -0.15) is 8.42 Å². The molecule has 0 radical (unpaired) electrons. The molecular formula is C10H8N2O5S. The van der Waals surface area contributed by atoms with Gasteiger partial charge in [0.25, 0.3) is 15.8 Å². The van der Waals surface area contributed by atoms with Gasteiger partial charge in [0, 0.05) is 11.8 Å². The van der Waals surface area contributed by atoms with Crippen molar-refractivity contribution < 1.29 is 17.9 Å². The molecule has 2 aromatic rings. The largest absolute Gasteiger partial charge is 0.399 e. The number of hydrogen-bond acceptors (Lipinski definition) is 5. The Morgan fingerprint density at radius 1 is 1.22 bits per heavy atom. The van der Waals surface area contributed by atoms with Gasteiger partial charge in [-0.3, -0.25) is 14.7 Å². The fourth-order valence-corrected chi connectivity index (χ4v) is 2.16. The van der Waals surface area contributed by atoms with Crippen LogP contribution in [0.2, 0.25) is 0 Å². The van der Waals surface area contributed by atoms with Gasteiger partial charge in [-0.25, -0.2) is 0 Å². The molecule has 0 heterocycles. The van der Waals surface area contributed by atoms with E-state index in [-0.39, 0.29) is 16.8 Å². The van der Waals surface area contributed by atoms with E-state index in [0.29, 0.717) is 5.39 Å². The van der Waals surface area contributed by atoms with Gasteiger partial charge in [0.2, 0.25) is 0 Å². The summed E-state index contributed by atoms with van der Waals surface area (Å²) in [5, 5.41) is 11.4. The average Bonchev–Trinajstić information content (AvgIpc) is 2.25. The van der Waals surface area contributed by atoms with Crippen LogP contribution in [0.3, 0.4) is 0 Å². The summed E-state index contributed by atoms with van der Waals surface area (Å²) >= 11 is 0. The lowest BCUT2D eigenvalue weighted by Crippen LogP contribution is -1.99. The van der Waals surface area contributed by atoms with E-state index < -0.39 is 19.9 Å². The second kappa shape index (κ2) is 3.93. The molecule has 2 rings (SSSR count). The van der Waals surface area contributed by atoms with Crippen molar-refractivity contribution in [3.05, 3.63) is 40.4 Å². The Labute approximate surface area is 102 Å². The summed E-state index contributed by atoms with van der Waals surface area (Å²) in [5.41, 5.74) is 5.41. The Kier molecular flexibility index (Phi) is 2.68. The lowest BCUT2D eigenvalue weighted by atomic mass is 10.1. The lowest BCUT2D eigenvalue weighted by Gasteiger charge is -2.03. The highest BCUT2D eigenvalue weighted by atomic mass is 32.2. The summed E-state index contributed by atoms with van der Waals surface area (Å²) < 4.78 is 30.9. The van der Waals surface area contributed by atoms with Crippen LogP contribution in [0.4, 0.5) is 11.4 Å². The SMILES string of the molecule is Nc1cc([N+](=O)[O-])c2cc(S(=O)(=O)O)ccc2c1. The van der Waals surface area contributed by atoms with Gasteiger partial charge < -0.3 is 5.73 Å². The van der Waals surface area contributed by atoms with Gasteiger partial charge in [-0.1, -0.05) is 6.07 Å². The van der Waals surface area contributed by atoms with Crippen molar-refractivity contribution in [3.63, 3.8) is 0 Å². The van der Waals surface area contributed by atoms with E-state index >= 15 is 0 Å². The molecule has 0 amide bonds. The first-order valence-corrected chi connectivity index (χ1v) is 6.18. The van der Waals surface area contributed by atoms with Gasteiger partial charge in [-0.05, 0) is 23.6 Å². The van der Waals surface area contributed by atoms with E-state index in [2.05, 4.69) is 0 Å². The third kappa shape index (κ3) is 2.11. The summed E-state index contributed by atoms with van der Waals surface area (Å²) in [6.45, 7) is 0. The summed E-state index contributed by atoms with van der Waals surface area (Å²) in [4.78, 5) is 9.81. The van der Waals surface area contributed by atoms with Crippen molar-refractivity contribution in [2.45, 2.75) is 4.90 Å². The topological polar surface area (TPSA) is 124 Å². The molecule has 8 heteroatoms. The van der Waals surface area contributed by atoms with Crippen LogP contribution in [0, 0.1) is 10.1 Å². The molecule has 18 heavy (non-hydrogen) atoms. The summed E-state index contributed by atoms with van der Waals surface area (Å²) in [7, 11) is -4.40. The van der Waals surface area contributed by atoms with Crippen molar-refractivity contribution in [1.29, 1.82) is 0 Å². The number of benzene rings is 2. The van der Waals surface area contributed by atoms with Crippen LogP contribution in [-0.4, -0.2) is 17.9 Å². The predicted octanol–water partition coefficient (Wildman–Crippen LogP) is 1.58. The summed E-state index contributed by atoms with van der Waals surface area (Å²) in [6.07, 6.45) is 0. The minimum atomic E-state index is -4.40. The summed E-state index contributed by atoms with van der Waals surface area (Å²) in [5.74, 6) is 0. The van der Waals surface area contributed by atoms with Crippen molar-refractivity contribution in [3.8, 4) is 0 Å². The molecule has 0 aliphatic rings. The standard InChI is InChI=1S/C10H8N2O5S/c11-7-3-6-1-2-8(18(15,16)17)5-9(6)10(4-7)12(13)14/h1-5H,11H2,(H,15,16,17). The molecule has 0 bridgehead atoms. The molecule has 0 unspecified atom stereocenters. The molecule has 0 aliphatic heterocycles. The van der Waals surface area contributed by atoms with Crippen LogP contribution in [0.1, 0.15) is 0 Å². The van der Waals surface area contributed by atoms with Crippen LogP contribution in [0.25, 0.3) is 10.8 Å². The lowest BCUT2D eigenvalue weighted by molar-refractivity contribution is -0.383. The number of rotatable bonds is 2. The molecule has 0 aromatic heterocycles. The van der Waals surface area contributed by atoms with Gasteiger partial charge in [0.15, 0.2) is 0 Å². The normalized spacial score (nSPS) is 11.6. The fraction of sp³-hybridized carbons (Fsp3) is 0. The van der Waals surface area contributed by atoms with E-state index in [1.54, 1.807) is 0 Å². The quantitative estimate of drug-likeness (QED) is 0.369. The minimum absolute atomic E-state index is 0.101. The molecule has 0 atom stereocenters. The maximum atomic E-state index is 11.0. The molecule has 94 valence electrons. The molecule has 0 spiro atoms. The molecule has 0 aliphatic carbocycles. The first-order chi connectivity index (χ1) is 8.29. The van der Waals surface area contributed by atoms with Crippen molar-refractivity contribution >= 4 is 32.3 Å². The number of hydrogen-bond donors (Lipinski definition) is 2. The predicted molar refractivity (Wildman–Crippen MR) is 64.8 cm³/mol. The van der Waals surface area contributed by atoms with E-state index in [0.717, 1.165) is 18.2 Å². The smallest absolute Gasteiger partial charge is 0.294 e. The number of nitrogens with two attached hydrogens (primary N) is 1. The highest BCUT2D eigenvalue weighted by Gasteiger charge is 2.17. The van der Waals surface area contributed by atoms with Crippen LogP contribution in [0.15, 0.2) is 35.2 Å². The van der Waals surface area contributed by atoms with Crippen LogP contribution in [0.5, 0.6) is 0 Å². The van der Waals surface area contributed by atoms with Gasteiger partial charge in [0.1, 0.15) is 0 Å². The Hall–Kier alpha value is -2.19. The Bertz CT molecular complexity index is 754. The highest BCUT2D eigenvalue weighted by molar-refractivity contribution is 7.85. The second-order valence-electron chi connectivity index (χ2n) is 3.66. The highest BCUT2D eigenvalue weighted by Crippen LogP contribution is 2.30. The third-order valence-electron chi connectivity index (χ3n) is 2.42. The van der Waals surface area contributed by atoms with Gasteiger partial charge in [0.05, 0.1) is 15.2 Å². The first kappa shape index (κ1) is 12.3. The number of nitrogens with zero attached hydrogens (tertiary/aromatic N) is 1. The van der Waals surface area contributed by atoms with E-state index in [1.807, 2.05) is 0 Å². The fourth-order valence-electron chi connectivity index (χ4n) is 1.65. The zero-order valence-electron chi connectivity index (χ0n) is 8.90. The molecule has 3 N–H and O–H groups in total. The molecule has 0 fully saturated rings. The summed E-state index contributed by atoms with van der Waals surface area (Å²) in [6, 6.07) is 6.16. The van der Waals surface area contributed by atoms with Gasteiger partial charge in [-0.15, -0.1) is 0 Å². The maximum absolute atomic E-state index is 11.0. The van der Waals surface area contributed by atoms with E-state index in [4.69, 9.17) is 10.3 Å². The Morgan fingerprint density at radius 2 is 1.89 bits per heavy atom. The minimum Gasteiger partial charge on any atom is -0.399 e. The number of anilines is 1. The maximum Gasteiger partial charge on any atom is 0.294 e. The zero-order valence-corrected chi connectivity index (χ0v) is 9.72. The van der Waals surface area contributed by atoms with Crippen LogP contribution < -0.4 is 5.73 Å². The van der Waals surface area contributed by atoms with Crippen molar-refractivity contribution in [2.75, 3.05) is 5.73 Å². The van der Waals surface area contributed by atoms with E-state index in [9.17, 15) is 18.5 Å². The molecule has 7 nitrogen and oxygen atoms in total. The monoisotopic (exact) mass is 268 g/mol. The zero-order chi connectivity index (χ0) is 13.5. The number of nitro groups is 1. The third-order valence-corrected chi connectivity index (χ3v) is 3.27.